The highest BCUT2D eigenvalue weighted by atomic mass is 16.6. The molecule has 0 saturated heterocycles. The predicted molar refractivity (Wildman–Crippen MR) is 82.5 cm³/mol. The molecule has 0 aliphatic carbocycles. The van der Waals surface area contributed by atoms with Crippen LogP contribution in [0.4, 0.5) is 0 Å². The number of benzene rings is 1. The zero-order valence-corrected chi connectivity index (χ0v) is 13.5. The van der Waals surface area contributed by atoms with E-state index in [2.05, 4.69) is 32.9 Å². The molecule has 112 valence electrons. The molecule has 1 atom stereocenters. The van der Waals surface area contributed by atoms with Crippen LogP contribution in [0.5, 0.6) is 0 Å². The summed E-state index contributed by atoms with van der Waals surface area (Å²) < 4.78 is 5.29. The second-order valence-corrected chi connectivity index (χ2v) is 7.27. The average Bonchev–Trinajstić information content (AvgIpc) is 2.25. The van der Waals surface area contributed by atoms with Gasteiger partial charge in [-0.2, -0.15) is 0 Å². The first kappa shape index (κ1) is 16.7. The third kappa shape index (κ3) is 5.33. The molecule has 1 rings (SSSR count). The topological polar surface area (TPSA) is 52.3 Å². The molecule has 0 amide bonds. The van der Waals surface area contributed by atoms with Crippen LogP contribution in [-0.2, 0) is 14.9 Å². The van der Waals surface area contributed by atoms with Crippen molar-refractivity contribution >= 4 is 5.97 Å². The quantitative estimate of drug-likeness (QED) is 0.857. The normalized spacial score (nSPS) is 13.9. The molecule has 0 heterocycles. The van der Waals surface area contributed by atoms with Gasteiger partial charge in [0.15, 0.2) is 0 Å². The van der Waals surface area contributed by atoms with Crippen molar-refractivity contribution in [3.63, 3.8) is 0 Å². The predicted octanol–water partition coefficient (Wildman–Crippen LogP) is 3.72. The fraction of sp³-hybridized carbons (Fsp3) is 0.588. The van der Waals surface area contributed by atoms with Crippen LogP contribution in [0.3, 0.4) is 0 Å². The Morgan fingerprint density at radius 1 is 1.10 bits per heavy atom. The molecule has 0 aromatic heterocycles. The van der Waals surface area contributed by atoms with Crippen LogP contribution in [0.25, 0.3) is 0 Å². The Labute approximate surface area is 122 Å². The van der Waals surface area contributed by atoms with Gasteiger partial charge in [-0.15, -0.1) is 0 Å². The number of nitrogens with two attached hydrogens (primary N) is 1. The Kier molecular flexibility index (Phi) is 4.98. The van der Waals surface area contributed by atoms with Crippen molar-refractivity contribution < 1.29 is 9.53 Å². The SMILES string of the molecule is CC(C)(C)OC(=O)CC(N)c1ccc(C(C)(C)C)cc1. The van der Waals surface area contributed by atoms with Gasteiger partial charge in [0.05, 0.1) is 6.42 Å². The number of hydrogen-bond acceptors (Lipinski definition) is 3. The van der Waals surface area contributed by atoms with Crippen molar-refractivity contribution in [2.75, 3.05) is 0 Å². The van der Waals surface area contributed by atoms with E-state index in [1.807, 2.05) is 32.9 Å². The van der Waals surface area contributed by atoms with Gasteiger partial charge in [0.2, 0.25) is 0 Å². The number of carbonyl (C=O) groups is 1. The standard InChI is InChI=1S/C17H27NO2/c1-16(2,3)13-9-7-12(8-10-13)14(18)11-15(19)20-17(4,5)6/h7-10,14H,11,18H2,1-6H3. The lowest BCUT2D eigenvalue weighted by Crippen LogP contribution is -2.26. The summed E-state index contributed by atoms with van der Waals surface area (Å²) in [4.78, 5) is 11.8. The van der Waals surface area contributed by atoms with Crippen LogP contribution >= 0.6 is 0 Å². The first-order valence-electron chi connectivity index (χ1n) is 7.07. The maximum absolute atomic E-state index is 11.8. The molecule has 0 aliphatic heterocycles. The molecular weight excluding hydrogens is 250 g/mol. The van der Waals surface area contributed by atoms with Crippen molar-refractivity contribution in [3.8, 4) is 0 Å². The fourth-order valence-corrected chi connectivity index (χ4v) is 1.91. The molecule has 0 aliphatic rings. The first-order chi connectivity index (χ1) is 8.99. The summed E-state index contributed by atoms with van der Waals surface area (Å²) in [6.07, 6.45) is 0.201. The largest absolute Gasteiger partial charge is 0.460 e. The van der Waals surface area contributed by atoms with E-state index < -0.39 is 5.60 Å². The van der Waals surface area contributed by atoms with Crippen LogP contribution in [0.2, 0.25) is 0 Å². The maximum Gasteiger partial charge on any atom is 0.308 e. The van der Waals surface area contributed by atoms with Gasteiger partial charge in [-0.3, -0.25) is 4.79 Å². The van der Waals surface area contributed by atoms with Gasteiger partial charge in [0, 0.05) is 6.04 Å². The van der Waals surface area contributed by atoms with Gasteiger partial charge in [-0.05, 0) is 37.3 Å². The molecule has 0 saturated carbocycles. The molecule has 1 aromatic rings. The fourth-order valence-electron chi connectivity index (χ4n) is 1.91. The summed E-state index contributed by atoms with van der Waals surface area (Å²) in [6.45, 7) is 12.1. The molecular formula is C17H27NO2. The molecule has 3 nitrogen and oxygen atoms in total. The average molecular weight is 277 g/mol. The summed E-state index contributed by atoms with van der Waals surface area (Å²) in [6, 6.07) is 7.82. The highest BCUT2D eigenvalue weighted by molar-refractivity contribution is 5.70. The van der Waals surface area contributed by atoms with E-state index in [9.17, 15) is 4.79 Å². The van der Waals surface area contributed by atoms with Crippen molar-refractivity contribution in [1.29, 1.82) is 0 Å². The van der Waals surface area contributed by atoms with Crippen LogP contribution in [0.15, 0.2) is 24.3 Å². The molecule has 0 spiro atoms. The van der Waals surface area contributed by atoms with E-state index >= 15 is 0 Å². The summed E-state index contributed by atoms with van der Waals surface area (Å²) in [5.74, 6) is -0.259. The summed E-state index contributed by atoms with van der Waals surface area (Å²) >= 11 is 0. The molecule has 3 heteroatoms. The number of rotatable bonds is 3. The molecule has 0 bridgehead atoms. The van der Waals surface area contributed by atoms with Crippen LogP contribution in [-0.4, -0.2) is 11.6 Å². The van der Waals surface area contributed by atoms with E-state index in [-0.39, 0.29) is 23.8 Å². The minimum absolute atomic E-state index is 0.119. The van der Waals surface area contributed by atoms with Gasteiger partial charge in [0.25, 0.3) is 0 Å². The third-order valence-electron chi connectivity index (χ3n) is 3.01. The number of ether oxygens (including phenoxy) is 1. The Hall–Kier alpha value is -1.35. The van der Waals surface area contributed by atoms with Gasteiger partial charge in [-0.25, -0.2) is 0 Å². The smallest absolute Gasteiger partial charge is 0.308 e. The lowest BCUT2D eigenvalue weighted by atomic mass is 9.86. The number of hydrogen-bond donors (Lipinski definition) is 1. The Morgan fingerprint density at radius 3 is 2.00 bits per heavy atom. The van der Waals surface area contributed by atoms with Gasteiger partial charge < -0.3 is 10.5 Å². The maximum atomic E-state index is 11.8. The van der Waals surface area contributed by atoms with Gasteiger partial charge in [-0.1, -0.05) is 45.0 Å². The Morgan fingerprint density at radius 2 is 1.60 bits per heavy atom. The van der Waals surface area contributed by atoms with Gasteiger partial charge >= 0.3 is 5.97 Å². The second-order valence-electron chi connectivity index (χ2n) is 7.27. The molecule has 20 heavy (non-hydrogen) atoms. The van der Waals surface area contributed by atoms with Crippen molar-refractivity contribution in [2.24, 2.45) is 5.73 Å². The van der Waals surface area contributed by atoms with E-state index in [0.717, 1.165) is 5.56 Å². The highest BCUT2D eigenvalue weighted by Gasteiger charge is 2.20. The van der Waals surface area contributed by atoms with Crippen molar-refractivity contribution in [1.82, 2.24) is 0 Å². The number of esters is 1. The highest BCUT2D eigenvalue weighted by Crippen LogP contribution is 2.24. The first-order valence-corrected chi connectivity index (χ1v) is 7.07. The van der Waals surface area contributed by atoms with Crippen LogP contribution < -0.4 is 5.73 Å². The molecule has 0 radical (unpaired) electrons. The molecule has 1 aromatic carbocycles. The molecule has 0 fully saturated rings. The third-order valence-corrected chi connectivity index (χ3v) is 3.01. The zero-order valence-electron chi connectivity index (χ0n) is 13.5. The van der Waals surface area contributed by atoms with E-state index in [0.29, 0.717) is 0 Å². The summed E-state index contributed by atoms with van der Waals surface area (Å²) in [5, 5.41) is 0. The van der Waals surface area contributed by atoms with E-state index in [1.54, 1.807) is 0 Å². The van der Waals surface area contributed by atoms with Crippen LogP contribution in [0.1, 0.15) is 65.1 Å². The zero-order chi connectivity index (χ0) is 15.6. The van der Waals surface area contributed by atoms with Crippen molar-refractivity contribution in [2.45, 2.75) is 65.0 Å². The van der Waals surface area contributed by atoms with Gasteiger partial charge in [0.1, 0.15) is 5.60 Å². The minimum atomic E-state index is -0.465. The lowest BCUT2D eigenvalue weighted by molar-refractivity contribution is -0.155. The number of carbonyl (C=O) groups excluding carboxylic acids is 1. The molecule has 2 N–H and O–H groups in total. The lowest BCUT2D eigenvalue weighted by Gasteiger charge is -2.22. The minimum Gasteiger partial charge on any atom is -0.460 e. The second kappa shape index (κ2) is 5.96. The van der Waals surface area contributed by atoms with E-state index in [1.165, 1.54) is 5.56 Å². The van der Waals surface area contributed by atoms with Crippen LogP contribution in [0, 0.1) is 0 Å². The molecule has 1 unspecified atom stereocenters. The Balaban J connectivity index is 2.69. The summed E-state index contributed by atoms with van der Waals surface area (Å²) in [5.41, 5.74) is 7.94. The van der Waals surface area contributed by atoms with Crippen molar-refractivity contribution in [3.05, 3.63) is 35.4 Å². The van der Waals surface area contributed by atoms with E-state index in [4.69, 9.17) is 10.5 Å². The monoisotopic (exact) mass is 277 g/mol. The Bertz CT molecular complexity index is 449. The summed E-state index contributed by atoms with van der Waals surface area (Å²) in [7, 11) is 0.